The molecule has 0 saturated carbocycles. The van der Waals surface area contributed by atoms with Gasteiger partial charge in [0.15, 0.2) is 0 Å². The maximum Gasteiger partial charge on any atom is 0.101 e. The molecular formula is C31H20Cl2N2. The van der Waals surface area contributed by atoms with Crippen molar-refractivity contribution in [2.45, 2.75) is 11.8 Å². The first-order chi connectivity index (χ1) is 17.2. The van der Waals surface area contributed by atoms with Gasteiger partial charge in [-0.1, -0.05) is 120 Å². The van der Waals surface area contributed by atoms with Gasteiger partial charge in [-0.2, -0.15) is 9.98 Å². The molecule has 4 aromatic carbocycles. The number of nitrogens with zero attached hydrogens (tertiary/aromatic N) is 2. The molecule has 0 heterocycles. The minimum Gasteiger partial charge on any atom is -0.186 e. The van der Waals surface area contributed by atoms with Gasteiger partial charge in [0.2, 0.25) is 0 Å². The Labute approximate surface area is 214 Å². The fraction of sp³-hybridized carbons (Fsp3) is 0.0645. The Morgan fingerprint density at radius 2 is 0.943 bits per heavy atom. The molecule has 0 aliphatic heterocycles. The first-order valence-electron chi connectivity index (χ1n) is 11.5. The zero-order valence-corrected chi connectivity index (χ0v) is 20.2. The molecule has 2 nitrogen and oxygen atoms in total. The highest BCUT2D eigenvalue weighted by Gasteiger charge is 2.23. The van der Waals surface area contributed by atoms with Crippen LogP contribution in [0, 0.1) is 0 Å². The van der Waals surface area contributed by atoms with Crippen LogP contribution in [0.1, 0.15) is 45.2 Å². The summed E-state index contributed by atoms with van der Waals surface area (Å²) in [6.07, 6.45) is 8.63. The molecule has 168 valence electrons. The quantitative estimate of drug-likeness (QED) is 0.254. The molecule has 6 rings (SSSR count). The number of fused-ring (bicyclic) bond motifs is 2. The van der Waals surface area contributed by atoms with Crippen LogP contribution in [0.3, 0.4) is 0 Å². The standard InChI is InChI=1S/C31H20Cl2N2/c32-30-26(24-17-15-20-7-1-3-9-22(20)24)11-5-13-28(30)34-19-35-29-14-6-12-27(31(29)33)25-18-16-21-8-2-4-10-23(21)25/h1-18,24-25H. The zero-order valence-electron chi connectivity index (χ0n) is 18.7. The summed E-state index contributed by atoms with van der Waals surface area (Å²) in [5, 5.41) is 1.21. The summed E-state index contributed by atoms with van der Waals surface area (Å²) in [6.45, 7) is 0. The summed E-state index contributed by atoms with van der Waals surface area (Å²) in [6, 6.07) is 31.3. The van der Waals surface area contributed by atoms with E-state index in [0.717, 1.165) is 11.1 Å². The van der Waals surface area contributed by atoms with Gasteiger partial charge < -0.3 is 0 Å². The van der Waals surface area contributed by atoms with Crippen LogP contribution >= 0.6 is 23.2 Å². The Morgan fingerprint density at radius 3 is 1.43 bits per heavy atom. The molecule has 2 aliphatic rings. The van der Waals surface area contributed by atoms with E-state index in [4.69, 9.17) is 23.2 Å². The Bertz CT molecular complexity index is 1460. The van der Waals surface area contributed by atoms with Gasteiger partial charge in [-0.05, 0) is 45.5 Å². The second-order valence-corrected chi connectivity index (χ2v) is 9.37. The number of rotatable bonds is 4. The van der Waals surface area contributed by atoms with E-state index >= 15 is 0 Å². The summed E-state index contributed by atoms with van der Waals surface area (Å²) >= 11 is 13.6. The lowest BCUT2D eigenvalue weighted by Crippen LogP contribution is -1.97. The number of benzene rings is 4. The Morgan fingerprint density at radius 1 is 0.514 bits per heavy atom. The smallest absolute Gasteiger partial charge is 0.101 e. The minimum atomic E-state index is 0.110. The molecule has 0 bridgehead atoms. The number of hydrogen-bond acceptors (Lipinski definition) is 2. The second-order valence-electron chi connectivity index (χ2n) is 8.62. The van der Waals surface area contributed by atoms with Crippen LogP contribution in [0.15, 0.2) is 107 Å². The molecule has 2 aliphatic carbocycles. The SMILES string of the molecule is Clc1c(N=C=Nc2cccc(C3C=Cc4ccccc43)c2Cl)cccc1C1C=Cc2ccccc21. The maximum absolute atomic E-state index is 6.78. The van der Waals surface area contributed by atoms with Gasteiger partial charge in [0.1, 0.15) is 6.01 Å². The lowest BCUT2D eigenvalue weighted by atomic mass is 9.93. The van der Waals surface area contributed by atoms with Crippen LogP contribution in [-0.2, 0) is 0 Å². The van der Waals surface area contributed by atoms with Gasteiger partial charge in [-0.3, -0.25) is 0 Å². The maximum atomic E-state index is 6.78. The number of aliphatic imine (C=N–C) groups is 2. The molecular weight excluding hydrogens is 471 g/mol. The Balaban J connectivity index is 1.31. The van der Waals surface area contributed by atoms with Crippen LogP contribution in [0.5, 0.6) is 0 Å². The van der Waals surface area contributed by atoms with E-state index in [0.29, 0.717) is 21.4 Å². The average Bonchev–Trinajstić information content (AvgIpc) is 3.51. The van der Waals surface area contributed by atoms with E-state index in [9.17, 15) is 0 Å². The van der Waals surface area contributed by atoms with Crippen molar-refractivity contribution in [2.75, 3.05) is 0 Å². The van der Waals surface area contributed by atoms with E-state index in [-0.39, 0.29) is 11.8 Å². The number of halogens is 2. The van der Waals surface area contributed by atoms with E-state index < -0.39 is 0 Å². The normalized spacial score (nSPS) is 17.1. The monoisotopic (exact) mass is 490 g/mol. The highest BCUT2D eigenvalue weighted by Crippen LogP contribution is 2.42. The first kappa shape index (κ1) is 21.8. The molecule has 4 heteroatoms. The summed E-state index contributed by atoms with van der Waals surface area (Å²) in [4.78, 5) is 8.90. The molecule has 0 saturated heterocycles. The molecule has 0 radical (unpaired) electrons. The Hall–Kier alpha value is -3.68. The lowest BCUT2D eigenvalue weighted by molar-refractivity contribution is 1.05. The van der Waals surface area contributed by atoms with Gasteiger partial charge in [0.25, 0.3) is 0 Å². The second kappa shape index (κ2) is 9.17. The van der Waals surface area contributed by atoms with E-state index in [1.807, 2.05) is 48.5 Å². The van der Waals surface area contributed by atoms with Crippen LogP contribution < -0.4 is 0 Å². The van der Waals surface area contributed by atoms with Crippen molar-refractivity contribution in [1.82, 2.24) is 0 Å². The Kier molecular flexibility index (Phi) is 5.72. The fourth-order valence-electron chi connectivity index (χ4n) is 4.90. The molecule has 2 unspecified atom stereocenters. The highest BCUT2D eigenvalue weighted by atomic mass is 35.5. The lowest BCUT2D eigenvalue weighted by Gasteiger charge is -2.14. The van der Waals surface area contributed by atoms with Crippen molar-refractivity contribution < 1.29 is 0 Å². The van der Waals surface area contributed by atoms with Crippen LogP contribution in [0.2, 0.25) is 10.0 Å². The topological polar surface area (TPSA) is 24.7 Å². The number of hydrogen-bond donors (Lipinski definition) is 0. The average molecular weight is 491 g/mol. The first-order valence-corrected chi connectivity index (χ1v) is 12.2. The van der Waals surface area contributed by atoms with Crippen LogP contribution in [0.25, 0.3) is 12.2 Å². The van der Waals surface area contributed by atoms with Crippen molar-refractivity contribution in [3.8, 4) is 0 Å². The third kappa shape index (κ3) is 3.96. The fourth-order valence-corrected chi connectivity index (χ4v) is 5.47. The van der Waals surface area contributed by atoms with E-state index in [1.54, 1.807) is 0 Å². The molecule has 4 aromatic rings. The molecule has 0 N–H and O–H groups in total. The van der Waals surface area contributed by atoms with Crippen molar-refractivity contribution in [3.05, 3.63) is 141 Å². The molecule has 0 amide bonds. The summed E-state index contributed by atoms with van der Waals surface area (Å²) in [7, 11) is 0. The van der Waals surface area contributed by atoms with Crippen molar-refractivity contribution >= 4 is 52.7 Å². The van der Waals surface area contributed by atoms with Crippen molar-refractivity contribution in [3.63, 3.8) is 0 Å². The summed E-state index contributed by atoms with van der Waals surface area (Å²) in [5.74, 6) is 0.221. The molecule has 0 fully saturated rings. The minimum absolute atomic E-state index is 0.110. The predicted octanol–water partition coefficient (Wildman–Crippen LogP) is 9.45. The third-order valence-electron chi connectivity index (χ3n) is 6.63. The molecule has 0 aromatic heterocycles. The van der Waals surface area contributed by atoms with Gasteiger partial charge in [0.05, 0.1) is 21.4 Å². The largest absolute Gasteiger partial charge is 0.186 e. The van der Waals surface area contributed by atoms with E-state index in [1.165, 1.54) is 22.3 Å². The van der Waals surface area contributed by atoms with Crippen molar-refractivity contribution in [2.24, 2.45) is 9.98 Å². The summed E-state index contributed by atoms with van der Waals surface area (Å²) in [5.41, 5.74) is 8.23. The molecule has 35 heavy (non-hydrogen) atoms. The van der Waals surface area contributed by atoms with Gasteiger partial charge in [-0.15, -0.1) is 0 Å². The van der Waals surface area contributed by atoms with Crippen LogP contribution in [-0.4, -0.2) is 6.01 Å². The third-order valence-corrected chi connectivity index (χ3v) is 7.45. The number of allylic oxidation sites excluding steroid dienone is 2. The van der Waals surface area contributed by atoms with Crippen molar-refractivity contribution in [1.29, 1.82) is 0 Å². The summed E-state index contributed by atoms with van der Waals surface area (Å²) < 4.78 is 0. The zero-order chi connectivity index (χ0) is 23.8. The highest BCUT2D eigenvalue weighted by molar-refractivity contribution is 6.34. The predicted molar refractivity (Wildman–Crippen MR) is 147 cm³/mol. The van der Waals surface area contributed by atoms with E-state index in [2.05, 4.69) is 76.7 Å². The van der Waals surface area contributed by atoms with Gasteiger partial charge in [0, 0.05) is 11.8 Å². The van der Waals surface area contributed by atoms with Gasteiger partial charge >= 0.3 is 0 Å². The molecule has 0 spiro atoms. The molecule has 2 atom stereocenters. The van der Waals surface area contributed by atoms with Gasteiger partial charge in [-0.25, -0.2) is 0 Å². The van der Waals surface area contributed by atoms with Crippen LogP contribution in [0.4, 0.5) is 11.4 Å².